The highest BCUT2D eigenvalue weighted by molar-refractivity contribution is 5.87. The van der Waals surface area contributed by atoms with Crippen molar-refractivity contribution in [3.8, 4) is 0 Å². The average molecular weight is 292 g/mol. The molecule has 0 amide bonds. The van der Waals surface area contributed by atoms with E-state index in [1.165, 1.54) is 36.8 Å². The summed E-state index contributed by atoms with van der Waals surface area (Å²) in [6.45, 7) is 7.31. The first-order valence-corrected chi connectivity index (χ1v) is 8.45. The molecule has 0 aromatic rings. The van der Waals surface area contributed by atoms with E-state index in [0.29, 0.717) is 12.4 Å². The van der Waals surface area contributed by atoms with Crippen LogP contribution in [0.25, 0.3) is 0 Å². The van der Waals surface area contributed by atoms with Crippen molar-refractivity contribution in [3.63, 3.8) is 0 Å². The van der Waals surface area contributed by atoms with Gasteiger partial charge in [-0.05, 0) is 25.7 Å². The Labute approximate surface area is 130 Å². The predicted molar refractivity (Wildman–Crippen MR) is 89.4 cm³/mol. The molecule has 0 fully saturated rings. The molecule has 0 radical (unpaired) electrons. The topological polar surface area (TPSA) is 26.3 Å². The number of ether oxygens (including phenoxy) is 1. The van der Waals surface area contributed by atoms with Crippen molar-refractivity contribution in [1.82, 2.24) is 0 Å². The summed E-state index contributed by atoms with van der Waals surface area (Å²) in [6, 6.07) is 0. The second-order valence-electron chi connectivity index (χ2n) is 6.64. The fraction of sp³-hybridized carbons (Fsp3) is 0.737. The molecule has 0 aromatic carbocycles. The van der Waals surface area contributed by atoms with Crippen LogP contribution in [0.1, 0.15) is 65.7 Å². The fourth-order valence-corrected chi connectivity index (χ4v) is 2.98. The third-order valence-corrected chi connectivity index (χ3v) is 4.26. The van der Waals surface area contributed by atoms with E-state index >= 15 is 0 Å². The van der Waals surface area contributed by atoms with Gasteiger partial charge in [0.05, 0.1) is 5.92 Å². The van der Waals surface area contributed by atoms with Crippen LogP contribution in [0.15, 0.2) is 23.3 Å². The molecule has 120 valence electrons. The minimum absolute atomic E-state index is 0.0378. The number of Topliss-reactive ketones (excluding diaryl/α,β-unsaturated/α-hetero) is 1. The lowest BCUT2D eigenvalue weighted by Gasteiger charge is -2.16. The van der Waals surface area contributed by atoms with Gasteiger partial charge >= 0.3 is 0 Å². The van der Waals surface area contributed by atoms with Gasteiger partial charge in [-0.1, -0.05) is 62.8 Å². The molecule has 0 saturated heterocycles. The number of hydrogen-bond donors (Lipinski definition) is 0. The first kappa shape index (κ1) is 18.2. The van der Waals surface area contributed by atoms with E-state index in [2.05, 4.69) is 32.9 Å². The van der Waals surface area contributed by atoms with E-state index in [1.807, 2.05) is 0 Å². The highest BCUT2D eigenvalue weighted by Gasteiger charge is 2.26. The summed E-state index contributed by atoms with van der Waals surface area (Å²) >= 11 is 0. The molecule has 0 aromatic heterocycles. The molecule has 0 heterocycles. The number of ketones is 1. The zero-order valence-corrected chi connectivity index (χ0v) is 14.3. The van der Waals surface area contributed by atoms with Crippen LogP contribution >= 0.6 is 0 Å². The SMILES string of the molecule is COCCC1=CC=C(C)C1C(=O)CCCCCCC(C)C. The van der Waals surface area contributed by atoms with Crippen LogP contribution in [-0.2, 0) is 9.53 Å². The van der Waals surface area contributed by atoms with Crippen LogP contribution in [0.2, 0.25) is 0 Å². The van der Waals surface area contributed by atoms with Crippen LogP contribution in [0.4, 0.5) is 0 Å². The molecule has 21 heavy (non-hydrogen) atoms. The van der Waals surface area contributed by atoms with E-state index in [4.69, 9.17) is 4.74 Å². The molecule has 2 nitrogen and oxygen atoms in total. The second-order valence-corrected chi connectivity index (χ2v) is 6.64. The van der Waals surface area contributed by atoms with Gasteiger partial charge in [0.1, 0.15) is 5.78 Å². The smallest absolute Gasteiger partial charge is 0.144 e. The zero-order valence-electron chi connectivity index (χ0n) is 14.3. The van der Waals surface area contributed by atoms with Crippen molar-refractivity contribution in [2.75, 3.05) is 13.7 Å². The zero-order chi connectivity index (χ0) is 15.7. The molecule has 1 rings (SSSR count). The predicted octanol–water partition coefficient (Wildman–Crippen LogP) is 5.09. The van der Waals surface area contributed by atoms with Gasteiger partial charge in [0.25, 0.3) is 0 Å². The van der Waals surface area contributed by atoms with Crippen molar-refractivity contribution < 1.29 is 9.53 Å². The van der Waals surface area contributed by atoms with E-state index in [0.717, 1.165) is 25.2 Å². The first-order valence-electron chi connectivity index (χ1n) is 8.45. The number of unbranched alkanes of at least 4 members (excludes halogenated alkanes) is 3. The summed E-state index contributed by atoms with van der Waals surface area (Å²) in [5.41, 5.74) is 2.44. The third kappa shape index (κ3) is 6.60. The van der Waals surface area contributed by atoms with E-state index in [9.17, 15) is 4.79 Å². The number of methoxy groups -OCH3 is 1. The highest BCUT2D eigenvalue weighted by Crippen LogP contribution is 2.31. The minimum Gasteiger partial charge on any atom is -0.384 e. The standard InChI is InChI=1S/C19H32O2/c1-15(2)9-7-5-6-8-10-18(20)19-16(3)11-12-17(19)13-14-21-4/h11-12,15,19H,5-10,13-14H2,1-4H3. The number of allylic oxidation sites excluding steroid dienone is 3. The second kappa shape index (κ2) is 9.94. The molecule has 1 aliphatic carbocycles. The van der Waals surface area contributed by atoms with Crippen molar-refractivity contribution in [2.24, 2.45) is 11.8 Å². The van der Waals surface area contributed by atoms with Gasteiger partial charge in [-0.15, -0.1) is 0 Å². The van der Waals surface area contributed by atoms with Gasteiger partial charge in [-0.25, -0.2) is 0 Å². The normalized spacial score (nSPS) is 18.0. The summed E-state index contributed by atoms with van der Waals surface area (Å²) in [5, 5.41) is 0. The van der Waals surface area contributed by atoms with Gasteiger partial charge in [-0.2, -0.15) is 0 Å². The Morgan fingerprint density at radius 3 is 2.57 bits per heavy atom. The highest BCUT2D eigenvalue weighted by atomic mass is 16.5. The molecule has 0 bridgehead atoms. The quantitative estimate of drug-likeness (QED) is 0.496. The molecule has 1 unspecified atom stereocenters. The average Bonchev–Trinajstić information content (AvgIpc) is 2.81. The van der Waals surface area contributed by atoms with Crippen LogP contribution < -0.4 is 0 Å². The van der Waals surface area contributed by atoms with Gasteiger partial charge in [0, 0.05) is 20.1 Å². The molecule has 0 saturated carbocycles. The van der Waals surface area contributed by atoms with E-state index in [-0.39, 0.29) is 5.92 Å². The Morgan fingerprint density at radius 2 is 1.90 bits per heavy atom. The number of rotatable bonds is 11. The maximum atomic E-state index is 12.4. The summed E-state index contributed by atoms with van der Waals surface area (Å²) < 4.78 is 5.14. The molecule has 0 spiro atoms. The monoisotopic (exact) mass is 292 g/mol. The van der Waals surface area contributed by atoms with Gasteiger partial charge in [0.15, 0.2) is 0 Å². The Kier molecular flexibility index (Phi) is 8.60. The maximum absolute atomic E-state index is 12.4. The van der Waals surface area contributed by atoms with Gasteiger partial charge < -0.3 is 4.74 Å². The fourth-order valence-electron chi connectivity index (χ4n) is 2.98. The number of carbonyl (C=O) groups excluding carboxylic acids is 1. The van der Waals surface area contributed by atoms with E-state index < -0.39 is 0 Å². The Hall–Kier alpha value is -0.890. The lowest BCUT2D eigenvalue weighted by atomic mass is 9.88. The third-order valence-electron chi connectivity index (χ3n) is 4.26. The summed E-state index contributed by atoms with van der Waals surface area (Å²) in [7, 11) is 1.71. The summed E-state index contributed by atoms with van der Waals surface area (Å²) in [6.07, 6.45) is 11.9. The van der Waals surface area contributed by atoms with Crippen molar-refractivity contribution in [3.05, 3.63) is 23.3 Å². The lowest BCUT2D eigenvalue weighted by molar-refractivity contribution is -0.121. The Morgan fingerprint density at radius 1 is 1.19 bits per heavy atom. The summed E-state index contributed by atoms with van der Waals surface area (Å²) in [4.78, 5) is 12.4. The van der Waals surface area contributed by atoms with Gasteiger partial charge in [-0.3, -0.25) is 4.79 Å². The molecule has 0 aliphatic heterocycles. The van der Waals surface area contributed by atoms with Crippen molar-refractivity contribution in [2.45, 2.75) is 65.7 Å². The van der Waals surface area contributed by atoms with Crippen LogP contribution in [-0.4, -0.2) is 19.5 Å². The molecule has 2 heteroatoms. The van der Waals surface area contributed by atoms with Crippen LogP contribution in [0, 0.1) is 11.8 Å². The maximum Gasteiger partial charge on any atom is 0.144 e. The molecule has 1 aliphatic rings. The molecular weight excluding hydrogens is 260 g/mol. The first-order chi connectivity index (χ1) is 10.1. The number of carbonyl (C=O) groups is 1. The Bertz CT molecular complexity index is 377. The lowest BCUT2D eigenvalue weighted by Crippen LogP contribution is -2.17. The van der Waals surface area contributed by atoms with Crippen LogP contribution in [0.3, 0.4) is 0 Å². The largest absolute Gasteiger partial charge is 0.384 e. The molecular formula is C19H32O2. The number of hydrogen-bond acceptors (Lipinski definition) is 2. The van der Waals surface area contributed by atoms with Crippen molar-refractivity contribution in [1.29, 1.82) is 0 Å². The van der Waals surface area contributed by atoms with Gasteiger partial charge in [0.2, 0.25) is 0 Å². The van der Waals surface area contributed by atoms with E-state index in [1.54, 1.807) is 7.11 Å². The van der Waals surface area contributed by atoms with Crippen molar-refractivity contribution >= 4 is 5.78 Å². The molecule has 0 N–H and O–H groups in total. The van der Waals surface area contributed by atoms with Crippen LogP contribution in [0.5, 0.6) is 0 Å². The summed E-state index contributed by atoms with van der Waals surface area (Å²) in [5.74, 6) is 1.23. The molecule has 1 atom stereocenters. The minimum atomic E-state index is 0.0378. The Balaban J connectivity index is 2.27.